The number of hydrogen-bond acceptors (Lipinski definition) is 4. The lowest BCUT2D eigenvalue weighted by atomic mass is 10.0. The molecule has 1 unspecified atom stereocenters. The first-order valence-electron chi connectivity index (χ1n) is 7.17. The molecule has 0 aliphatic heterocycles. The molecule has 4 nitrogen and oxygen atoms in total. The van der Waals surface area contributed by atoms with Crippen molar-refractivity contribution in [3.05, 3.63) is 22.3 Å². The van der Waals surface area contributed by atoms with Crippen LogP contribution in [0.1, 0.15) is 41.8 Å². The molecule has 0 aromatic carbocycles. The summed E-state index contributed by atoms with van der Waals surface area (Å²) in [5, 5.41) is 0.916. The van der Waals surface area contributed by atoms with Crippen LogP contribution in [0.4, 0.5) is 5.69 Å². The van der Waals surface area contributed by atoms with Crippen LogP contribution < -0.4 is 5.73 Å². The van der Waals surface area contributed by atoms with Crippen LogP contribution in [0.5, 0.6) is 0 Å². The fourth-order valence-electron chi connectivity index (χ4n) is 2.43. The largest absolute Gasteiger partial charge is 0.397 e. The summed E-state index contributed by atoms with van der Waals surface area (Å²) in [5.74, 6) is 0.396. The molecular formula is C16H23N3OS. The molecule has 0 saturated heterocycles. The molecule has 2 rings (SSSR count). The first-order chi connectivity index (χ1) is 9.73. The highest BCUT2D eigenvalue weighted by atomic mass is 32.1. The van der Waals surface area contributed by atoms with Crippen LogP contribution in [-0.2, 0) is 0 Å². The Balaban J connectivity index is 2.50. The molecular weight excluding hydrogens is 282 g/mol. The number of carbonyl (C=O) groups excluding carboxylic acids is 1. The van der Waals surface area contributed by atoms with Crippen LogP contribution in [0.15, 0.2) is 6.07 Å². The molecule has 0 radical (unpaired) electrons. The average Bonchev–Trinajstić information content (AvgIpc) is 2.73. The number of aryl methyl sites for hydroxylation is 2. The molecule has 2 aromatic rings. The number of nitrogen functional groups attached to an aromatic ring is 1. The Morgan fingerprint density at radius 3 is 2.52 bits per heavy atom. The number of hydrogen-bond donors (Lipinski definition) is 1. The number of anilines is 1. The molecule has 2 N–H and O–H groups in total. The Bertz CT molecular complexity index is 690. The van der Waals surface area contributed by atoms with Gasteiger partial charge in [0.25, 0.3) is 5.91 Å². The van der Waals surface area contributed by atoms with Crippen molar-refractivity contribution in [2.24, 2.45) is 5.92 Å². The molecule has 21 heavy (non-hydrogen) atoms. The van der Waals surface area contributed by atoms with Gasteiger partial charge in [-0.3, -0.25) is 9.78 Å². The minimum atomic E-state index is -0.00745. The Morgan fingerprint density at radius 2 is 1.95 bits per heavy atom. The van der Waals surface area contributed by atoms with E-state index in [-0.39, 0.29) is 11.9 Å². The number of thiophene rings is 1. The molecule has 0 fully saturated rings. The maximum atomic E-state index is 12.7. The third kappa shape index (κ3) is 2.75. The summed E-state index contributed by atoms with van der Waals surface area (Å²) in [6.45, 7) is 10.2. The molecule has 0 spiro atoms. The summed E-state index contributed by atoms with van der Waals surface area (Å²) in [5.41, 5.74) is 8.63. The molecule has 1 amide bonds. The quantitative estimate of drug-likeness (QED) is 0.942. The van der Waals surface area contributed by atoms with Crippen LogP contribution in [-0.4, -0.2) is 28.9 Å². The summed E-state index contributed by atoms with van der Waals surface area (Å²) < 4.78 is 1.03. The fraction of sp³-hybridized carbons (Fsp3) is 0.500. The van der Waals surface area contributed by atoms with E-state index in [1.165, 1.54) is 11.3 Å². The van der Waals surface area contributed by atoms with Crippen molar-refractivity contribution < 1.29 is 4.79 Å². The number of aromatic nitrogens is 1. The highest BCUT2D eigenvalue weighted by Gasteiger charge is 2.25. The van der Waals surface area contributed by atoms with E-state index in [1.807, 2.05) is 27.0 Å². The molecule has 0 aliphatic rings. The van der Waals surface area contributed by atoms with Gasteiger partial charge in [0.1, 0.15) is 4.88 Å². The highest BCUT2D eigenvalue weighted by Crippen LogP contribution is 2.36. The van der Waals surface area contributed by atoms with E-state index < -0.39 is 0 Å². The van der Waals surface area contributed by atoms with Gasteiger partial charge in [-0.2, -0.15) is 0 Å². The van der Waals surface area contributed by atoms with Crippen LogP contribution in [0.2, 0.25) is 0 Å². The van der Waals surface area contributed by atoms with E-state index in [0.29, 0.717) is 16.5 Å². The standard InChI is InChI=1S/C16H23N3OS/c1-8(2)11(5)19(6)16(20)15-14(17)13-10(4)18-9(3)7-12(13)21-15/h7-8,11H,17H2,1-6H3. The molecule has 5 heteroatoms. The van der Waals surface area contributed by atoms with E-state index in [4.69, 9.17) is 5.73 Å². The maximum Gasteiger partial charge on any atom is 0.266 e. The van der Waals surface area contributed by atoms with Crippen LogP contribution in [0.3, 0.4) is 0 Å². The van der Waals surface area contributed by atoms with Crippen molar-refractivity contribution in [3.8, 4) is 0 Å². The fourth-order valence-corrected chi connectivity index (χ4v) is 3.68. The van der Waals surface area contributed by atoms with Crippen molar-refractivity contribution in [2.45, 2.75) is 40.7 Å². The Kier molecular flexibility index (Phi) is 4.23. The van der Waals surface area contributed by atoms with E-state index in [9.17, 15) is 4.79 Å². The van der Waals surface area contributed by atoms with Gasteiger partial charge in [0.15, 0.2) is 0 Å². The second kappa shape index (κ2) is 5.64. The van der Waals surface area contributed by atoms with Gasteiger partial charge < -0.3 is 10.6 Å². The Labute approximate surface area is 130 Å². The van der Waals surface area contributed by atoms with Crippen molar-refractivity contribution in [3.63, 3.8) is 0 Å². The third-order valence-corrected chi connectivity index (χ3v) is 5.25. The maximum absolute atomic E-state index is 12.7. The Morgan fingerprint density at radius 1 is 1.33 bits per heavy atom. The van der Waals surface area contributed by atoms with Crippen molar-refractivity contribution >= 4 is 33.0 Å². The molecule has 0 bridgehead atoms. The number of pyridine rings is 1. The Hall–Kier alpha value is -1.62. The highest BCUT2D eigenvalue weighted by molar-refractivity contribution is 7.21. The van der Waals surface area contributed by atoms with E-state index in [2.05, 4.69) is 25.8 Å². The summed E-state index contributed by atoms with van der Waals surface area (Å²) in [4.78, 5) is 19.6. The van der Waals surface area contributed by atoms with E-state index >= 15 is 0 Å². The van der Waals surface area contributed by atoms with E-state index in [0.717, 1.165) is 21.5 Å². The third-order valence-electron chi connectivity index (χ3n) is 4.11. The second-order valence-corrected chi connectivity index (χ2v) is 7.02. The van der Waals surface area contributed by atoms with Crippen molar-refractivity contribution in [2.75, 3.05) is 12.8 Å². The SMILES string of the molecule is Cc1cc2sc(C(=O)N(C)C(C)C(C)C)c(N)c2c(C)n1. The minimum absolute atomic E-state index is 0.00745. The van der Waals surface area contributed by atoms with Gasteiger partial charge in [-0.1, -0.05) is 13.8 Å². The van der Waals surface area contributed by atoms with Crippen LogP contribution in [0, 0.1) is 19.8 Å². The van der Waals surface area contributed by atoms with Crippen molar-refractivity contribution in [1.82, 2.24) is 9.88 Å². The molecule has 2 heterocycles. The smallest absolute Gasteiger partial charge is 0.266 e. The predicted octanol–water partition coefficient (Wildman–Crippen LogP) is 3.61. The number of amides is 1. The molecule has 114 valence electrons. The minimum Gasteiger partial charge on any atom is -0.397 e. The second-order valence-electron chi connectivity index (χ2n) is 5.97. The topological polar surface area (TPSA) is 59.2 Å². The number of rotatable bonds is 3. The molecule has 0 aliphatic carbocycles. The monoisotopic (exact) mass is 305 g/mol. The van der Waals surface area contributed by atoms with Gasteiger partial charge in [-0.05, 0) is 32.8 Å². The summed E-state index contributed by atoms with van der Waals surface area (Å²) in [6.07, 6.45) is 0. The van der Waals surface area contributed by atoms with Crippen LogP contribution >= 0.6 is 11.3 Å². The lowest BCUT2D eigenvalue weighted by Crippen LogP contribution is -2.38. The summed E-state index contributed by atoms with van der Waals surface area (Å²) >= 11 is 1.46. The molecule has 2 aromatic heterocycles. The lowest BCUT2D eigenvalue weighted by molar-refractivity contribution is 0.0713. The van der Waals surface area contributed by atoms with Gasteiger partial charge >= 0.3 is 0 Å². The predicted molar refractivity (Wildman–Crippen MR) is 89.9 cm³/mol. The molecule has 0 saturated carbocycles. The average molecular weight is 305 g/mol. The normalized spacial score (nSPS) is 12.9. The zero-order chi connectivity index (χ0) is 15.9. The molecule has 1 atom stereocenters. The van der Waals surface area contributed by atoms with Gasteiger partial charge in [-0.25, -0.2) is 0 Å². The van der Waals surface area contributed by atoms with Gasteiger partial charge in [-0.15, -0.1) is 11.3 Å². The van der Waals surface area contributed by atoms with E-state index in [1.54, 1.807) is 4.90 Å². The van der Waals surface area contributed by atoms with Gasteiger partial charge in [0.2, 0.25) is 0 Å². The van der Waals surface area contributed by atoms with Gasteiger partial charge in [0.05, 0.1) is 5.69 Å². The lowest BCUT2D eigenvalue weighted by Gasteiger charge is -2.27. The van der Waals surface area contributed by atoms with Gasteiger partial charge in [0, 0.05) is 34.6 Å². The number of fused-ring (bicyclic) bond motifs is 1. The number of nitrogens with two attached hydrogens (primary N) is 1. The number of nitrogens with zero attached hydrogens (tertiary/aromatic N) is 2. The first kappa shape index (κ1) is 15.8. The zero-order valence-electron chi connectivity index (χ0n) is 13.5. The summed E-state index contributed by atoms with van der Waals surface area (Å²) in [7, 11) is 1.84. The van der Waals surface area contributed by atoms with Crippen LogP contribution in [0.25, 0.3) is 10.1 Å². The zero-order valence-corrected chi connectivity index (χ0v) is 14.3. The number of carbonyl (C=O) groups is 1. The van der Waals surface area contributed by atoms with Crippen molar-refractivity contribution in [1.29, 1.82) is 0 Å². The first-order valence-corrected chi connectivity index (χ1v) is 7.99. The summed E-state index contributed by atoms with van der Waals surface area (Å²) in [6, 6.07) is 2.16.